The van der Waals surface area contributed by atoms with Gasteiger partial charge in [-0.15, -0.1) is 0 Å². The summed E-state index contributed by atoms with van der Waals surface area (Å²) in [6.45, 7) is 5.08. The minimum Gasteiger partial charge on any atom is -0.497 e. The number of hydrogen-bond donors (Lipinski definition) is 0. The molecule has 0 heterocycles. The Morgan fingerprint density at radius 1 is 1.10 bits per heavy atom. The Labute approximate surface area is 178 Å². The zero-order chi connectivity index (χ0) is 21.7. The summed E-state index contributed by atoms with van der Waals surface area (Å²) >= 11 is 0. The lowest BCUT2D eigenvalue weighted by atomic mass is 9.84. The zero-order valence-corrected chi connectivity index (χ0v) is 18.5. The van der Waals surface area contributed by atoms with E-state index in [-0.39, 0.29) is 22.5 Å². The van der Waals surface area contributed by atoms with Crippen molar-refractivity contribution in [3.05, 3.63) is 54.1 Å². The number of methoxy groups -OCH3 is 1. The van der Waals surface area contributed by atoms with Crippen LogP contribution in [-0.2, 0) is 21.5 Å². The second-order valence-corrected chi connectivity index (χ2v) is 9.61. The number of para-hydroxylation sites is 1. The number of carbonyl (C=O) groups is 1. The third-order valence-electron chi connectivity index (χ3n) is 5.23. The monoisotopic (exact) mass is 431 g/mol. The summed E-state index contributed by atoms with van der Waals surface area (Å²) < 4.78 is 36.1. The Bertz CT molecular complexity index is 965. The third kappa shape index (κ3) is 5.33. The smallest absolute Gasteiger partial charge is 0.339 e. The van der Waals surface area contributed by atoms with Gasteiger partial charge in [-0.3, -0.25) is 4.79 Å². The topological polar surface area (TPSA) is 72.9 Å². The highest BCUT2D eigenvalue weighted by Gasteiger charge is 2.30. The van der Waals surface area contributed by atoms with Crippen LogP contribution in [0.1, 0.15) is 38.7 Å². The van der Waals surface area contributed by atoms with E-state index in [0.717, 1.165) is 19.3 Å². The molecule has 3 rings (SSSR count). The van der Waals surface area contributed by atoms with Crippen molar-refractivity contribution in [1.82, 2.24) is 4.90 Å². The maximum Gasteiger partial charge on any atom is 0.339 e. The van der Waals surface area contributed by atoms with Gasteiger partial charge in [0.05, 0.1) is 7.11 Å². The average molecular weight is 432 g/mol. The van der Waals surface area contributed by atoms with Gasteiger partial charge < -0.3 is 13.8 Å². The standard InChI is InChI=1S/C23H29NO5S/c1-17(2)15-24(23(25)18-8-6-9-18)16-19-7-4-5-10-22(19)29-30(26,27)21-13-11-20(28-3)12-14-21/h4-5,7,10-14,17-18H,6,8-9,15-16H2,1-3H3. The third-order valence-corrected chi connectivity index (χ3v) is 6.48. The van der Waals surface area contributed by atoms with E-state index in [9.17, 15) is 13.2 Å². The molecule has 1 aliphatic carbocycles. The first-order chi connectivity index (χ1) is 14.3. The molecule has 30 heavy (non-hydrogen) atoms. The number of carbonyl (C=O) groups excluding carboxylic acids is 1. The number of benzene rings is 2. The van der Waals surface area contributed by atoms with E-state index in [1.165, 1.54) is 19.2 Å². The number of hydrogen-bond acceptors (Lipinski definition) is 5. The Morgan fingerprint density at radius 3 is 2.33 bits per heavy atom. The van der Waals surface area contributed by atoms with Gasteiger partial charge in [0.15, 0.2) is 0 Å². The lowest BCUT2D eigenvalue weighted by Crippen LogP contribution is -2.40. The molecule has 0 aromatic heterocycles. The molecule has 2 aromatic rings. The molecule has 0 unspecified atom stereocenters. The largest absolute Gasteiger partial charge is 0.497 e. The van der Waals surface area contributed by atoms with Gasteiger partial charge in [0.25, 0.3) is 0 Å². The van der Waals surface area contributed by atoms with E-state index >= 15 is 0 Å². The molecule has 0 aliphatic heterocycles. The average Bonchev–Trinajstić information content (AvgIpc) is 2.67. The maximum absolute atomic E-state index is 12.9. The van der Waals surface area contributed by atoms with Crippen molar-refractivity contribution in [3.8, 4) is 11.5 Å². The van der Waals surface area contributed by atoms with Crippen molar-refractivity contribution in [2.75, 3.05) is 13.7 Å². The lowest BCUT2D eigenvalue weighted by Gasteiger charge is -2.33. The van der Waals surface area contributed by atoms with Crippen LogP contribution >= 0.6 is 0 Å². The molecule has 0 spiro atoms. The van der Waals surface area contributed by atoms with E-state index in [1.807, 2.05) is 11.0 Å². The molecule has 0 N–H and O–H groups in total. The molecule has 2 aromatic carbocycles. The van der Waals surface area contributed by atoms with E-state index in [0.29, 0.717) is 30.3 Å². The molecule has 7 heteroatoms. The first-order valence-electron chi connectivity index (χ1n) is 10.3. The van der Waals surface area contributed by atoms with Crippen LogP contribution in [0.4, 0.5) is 0 Å². The Morgan fingerprint density at radius 2 is 1.77 bits per heavy atom. The van der Waals surface area contributed by atoms with Gasteiger partial charge in [-0.25, -0.2) is 0 Å². The fourth-order valence-electron chi connectivity index (χ4n) is 3.42. The minimum absolute atomic E-state index is 0.0442. The van der Waals surface area contributed by atoms with Gasteiger partial charge in [-0.05, 0) is 49.1 Å². The van der Waals surface area contributed by atoms with Gasteiger partial charge >= 0.3 is 10.1 Å². The molecule has 0 bridgehead atoms. The summed E-state index contributed by atoms with van der Waals surface area (Å²) in [5, 5.41) is 0. The van der Waals surface area contributed by atoms with Gasteiger partial charge in [0, 0.05) is 24.6 Å². The molecule has 162 valence electrons. The summed E-state index contributed by atoms with van der Waals surface area (Å²) in [4.78, 5) is 14.8. The van der Waals surface area contributed by atoms with Crippen molar-refractivity contribution in [3.63, 3.8) is 0 Å². The highest BCUT2D eigenvalue weighted by atomic mass is 32.2. The molecule has 0 atom stereocenters. The predicted molar refractivity (Wildman–Crippen MR) is 115 cm³/mol. The van der Waals surface area contributed by atoms with Crippen molar-refractivity contribution in [1.29, 1.82) is 0 Å². The Balaban J connectivity index is 1.82. The van der Waals surface area contributed by atoms with E-state index in [4.69, 9.17) is 8.92 Å². The van der Waals surface area contributed by atoms with E-state index < -0.39 is 10.1 Å². The molecule has 1 fully saturated rings. The van der Waals surface area contributed by atoms with Crippen LogP contribution in [0.25, 0.3) is 0 Å². The summed E-state index contributed by atoms with van der Waals surface area (Å²) in [5.41, 5.74) is 0.669. The van der Waals surface area contributed by atoms with Gasteiger partial charge in [-0.1, -0.05) is 38.5 Å². The molecule has 0 radical (unpaired) electrons. The Hall–Kier alpha value is -2.54. The van der Waals surface area contributed by atoms with E-state index in [1.54, 1.807) is 30.3 Å². The first-order valence-corrected chi connectivity index (χ1v) is 11.7. The normalized spacial score (nSPS) is 14.3. The summed E-state index contributed by atoms with van der Waals surface area (Å²) in [6, 6.07) is 13.0. The number of rotatable bonds is 9. The van der Waals surface area contributed by atoms with Gasteiger partial charge in [0.2, 0.25) is 5.91 Å². The van der Waals surface area contributed by atoms with Crippen molar-refractivity contribution in [2.24, 2.45) is 11.8 Å². The molecule has 1 saturated carbocycles. The highest BCUT2D eigenvalue weighted by molar-refractivity contribution is 7.87. The van der Waals surface area contributed by atoms with Crippen molar-refractivity contribution < 1.29 is 22.1 Å². The fraction of sp³-hybridized carbons (Fsp3) is 0.435. The summed E-state index contributed by atoms with van der Waals surface area (Å²) in [7, 11) is -2.49. The van der Waals surface area contributed by atoms with Crippen LogP contribution < -0.4 is 8.92 Å². The van der Waals surface area contributed by atoms with Crippen molar-refractivity contribution in [2.45, 2.75) is 44.6 Å². The van der Waals surface area contributed by atoms with Crippen LogP contribution in [0.2, 0.25) is 0 Å². The lowest BCUT2D eigenvalue weighted by molar-refractivity contribution is -0.139. The number of nitrogens with zero attached hydrogens (tertiary/aromatic N) is 1. The molecular weight excluding hydrogens is 402 g/mol. The molecule has 1 aliphatic rings. The van der Waals surface area contributed by atoms with Crippen LogP contribution in [0.5, 0.6) is 11.5 Å². The first kappa shape index (κ1) is 22.2. The van der Waals surface area contributed by atoms with E-state index in [2.05, 4.69) is 13.8 Å². The number of ether oxygens (including phenoxy) is 1. The van der Waals surface area contributed by atoms with Gasteiger partial charge in [0.1, 0.15) is 16.4 Å². The molecular formula is C23H29NO5S. The van der Waals surface area contributed by atoms with Crippen LogP contribution in [0.15, 0.2) is 53.4 Å². The molecule has 0 saturated heterocycles. The fourth-order valence-corrected chi connectivity index (χ4v) is 4.38. The van der Waals surface area contributed by atoms with Crippen LogP contribution in [0, 0.1) is 11.8 Å². The molecule has 6 nitrogen and oxygen atoms in total. The van der Waals surface area contributed by atoms with Crippen LogP contribution in [-0.4, -0.2) is 32.9 Å². The number of amides is 1. The van der Waals surface area contributed by atoms with Crippen LogP contribution in [0.3, 0.4) is 0 Å². The zero-order valence-electron chi connectivity index (χ0n) is 17.7. The summed E-state index contributed by atoms with van der Waals surface area (Å²) in [5.74, 6) is 1.34. The summed E-state index contributed by atoms with van der Waals surface area (Å²) in [6.07, 6.45) is 2.95. The second-order valence-electron chi connectivity index (χ2n) is 8.06. The second kappa shape index (κ2) is 9.51. The minimum atomic E-state index is -4.01. The molecule has 1 amide bonds. The maximum atomic E-state index is 12.9. The highest BCUT2D eigenvalue weighted by Crippen LogP contribution is 2.31. The predicted octanol–water partition coefficient (Wildman–Crippen LogP) is 4.25. The van der Waals surface area contributed by atoms with Gasteiger partial charge in [-0.2, -0.15) is 8.42 Å². The van der Waals surface area contributed by atoms with Crippen molar-refractivity contribution >= 4 is 16.0 Å². The quantitative estimate of drug-likeness (QED) is 0.555. The Kier molecular flexibility index (Phi) is 7.02. The SMILES string of the molecule is COc1ccc(S(=O)(=O)Oc2ccccc2CN(CC(C)C)C(=O)C2CCC2)cc1.